The topological polar surface area (TPSA) is 126 Å². The molecular weight excluding hydrogens is 453 g/mol. The van der Waals surface area contributed by atoms with Gasteiger partial charge < -0.3 is 15.7 Å². The van der Waals surface area contributed by atoms with Gasteiger partial charge in [0.15, 0.2) is 5.65 Å². The van der Waals surface area contributed by atoms with Crippen molar-refractivity contribution in [1.82, 2.24) is 25.2 Å². The van der Waals surface area contributed by atoms with Crippen LogP contribution >= 0.6 is 0 Å². The molecule has 0 aliphatic rings. The fourth-order valence-corrected chi connectivity index (χ4v) is 3.55. The first-order valence-corrected chi connectivity index (χ1v) is 10.7. The number of hydrogen-bond acceptors (Lipinski definition) is 5. The van der Waals surface area contributed by atoms with E-state index in [9.17, 15) is 18.8 Å². The van der Waals surface area contributed by atoms with Crippen molar-refractivity contribution in [1.29, 1.82) is 0 Å². The highest BCUT2D eigenvalue weighted by molar-refractivity contribution is 5.98. The SMILES string of the molecule is Cc1cc(CNC(=O)c2cc(C(=O)N[C@H](C)c3ccc(C(=O)O)cc3)n3nccc3n2)ccc1F. The fraction of sp³-hybridized carbons (Fsp3) is 0.160. The molecule has 0 saturated heterocycles. The second kappa shape index (κ2) is 9.72. The summed E-state index contributed by atoms with van der Waals surface area (Å²) in [7, 11) is 0. The number of aromatic nitrogens is 3. The molecule has 0 fully saturated rings. The lowest BCUT2D eigenvalue weighted by atomic mass is 10.1. The van der Waals surface area contributed by atoms with E-state index in [2.05, 4.69) is 20.7 Å². The third kappa shape index (κ3) is 5.16. The Kier molecular flexibility index (Phi) is 6.54. The van der Waals surface area contributed by atoms with Crippen LogP contribution in [0.1, 0.15) is 61.0 Å². The summed E-state index contributed by atoms with van der Waals surface area (Å²) in [6.45, 7) is 3.56. The van der Waals surface area contributed by atoms with Crippen LogP contribution in [-0.2, 0) is 6.54 Å². The molecule has 4 aromatic rings. The lowest BCUT2D eigenvalue weighted by molar-refractivity contribution is 0.0696. The van der Waals surface area contributed by atoms with E-state index in [1.807, 2.05) is 0 Å². The van der Waals surface area contributed by atoms with Crippen LogP contribution in [0.15, 0.2) is 60.8 Å². The average Bonchev–Trinajstić information content (AvgIpc) is 3.32. The first kappa shape index (κ1) is 23.6. The zero-order valence-corrected chi connectivity index (χ0v) is 18.9. The number of nitrogens with zero attached hydrogens (tertiary/aromatic N) is 3. The molecule has 1 atom stereocenters. The van der Waals surface area contributed by atoms with E-state index in [4.69, 9.17) is 5.11 Å². The molecule has 0 radical (unpaired) electrons. The number of hydrogen-bond donors (Lipinski definition) is 3. The maximum Gasteiger partial charge on any atom is 0.335 e. The number of aromatic carboxylic acids is 1. The zero-order chi connectivity index (χ0) is 25.1. The number of carbonyl (C=O) groups is 3. The van der Waals surface area contributed by atoms with E-state index >= 15 is 0 Å². The second-order valence-corrected chi connectivity index (χ2v) is 8.02. The zero-order valence-electron chi connectivity index (χ0n) is 18.9. The molecule has 0 aliphatic heterocycles. The van der Waals surface area contributed by atoms with Crippen molar-refractivity contribution in [2.24, 2.45) is 0 Å². The van der Waals surface area contributed by atoms with Crippen LogP contribution in [0.2, 0.25) is 0 Å². The number of fused-ring (bicyclic) bond motifs is 1. The summed E-state index contributed by atoms with van der Waals surface area (Å²) in [5.74, 6) is -2.34. The van der Waals surface area contributed by atoms with Crippen LogP contribution in [-0.4, -0.2) is 37.5 Å². The number of halogens is 1. The Bertz CT molecular complexity index is 1430. The van der Waals surface area contributed by atoms with E-state index in [0.29, 0.717) is 16.8 Å². The Morgan fingerprint density at radius 1 is 1.06 bits per heavy atom. The van der Waals surface area contributed by atoms with E-state index in [1.54, 1.807) is 44.2 Å². The van der Waals surface area contributed by atoms with Gasteiger partial charge in [0.05, 0.1) is 17.8 Å². The monoisotopic (exact) mass is 475 g/mol. The maximum atomic E-state index is 13.5. The van der Waals surface area contributed by atoms with Gasteiger partial charge >= 0.3 is 5.97 Å². The van der Waals surface area contributed by atoms with Crippen molar-refractivity contribution in [3.63, 3.8) is 0 Å². The molecule has 3 N–H and O–H groups in total. The molecule has 0 bridgehead atoms. The highest BCUT2D eigenvalue weighted by Gasteiger charge is 2.19. The third-order valence-corrected chi connectivity index (χ3v) is 5.51. The average molecular weight is 475 g/mol. The van der Waals surface area contributed by atoms with Crippen LogP contribution in [0.25, 0.3) is 5.65 Å². The molecule has 2 amide bonds. The van der Waals surface area contributed by atoms with Crippen molar-refractivity contribution in [2.45, 2.75) is 26.4 Å². The van der Waals surface area contributed by atoms with Crippen molar-refractivity contribution in [3.05, 3.63) is 100 Å². The van der Waals surface area contributed by atoms with Crippen molar-refractivity contribution < 1.29 is 23.9 Å². The minimum Gasteiger partial charge on any atom is -0.478 e. The quantitative estimate of drug-likeness (QED) is 0.377. The summed E-state index contributed by atoms with van der Waals surface area (Å²) in [5.41, 5.74) is 2.51. The van der Waals surface area contributed by atoms with E-state index < -0.39 is 23.8 Å². The Labute approximate surface area is 199 Å². The highest BCUT2D eigenvalue weighted by Crippen LogP contribution is 2.16. The van der Waals surface area contributed by atoms with E-state index in [1.165, 1.54) is 35.0 Å². The van der Waals surface area contributed by atoms with Gasteiger partial charge in [-0.05, 0) is 48.7 Å². The molecule has 178 valence electrons. The van der Waals surface area contributed by atoms with Gasteiger partial charge in [-0.25, -0.2) is 18.7 Å². The summed E-state index contributed by atoms with van der Waals surface area (Å²) in [4.78, 5) is 41.2. The predicted octanol–water partition coefficient (Wildman–Crippen LogP) is 3.30. The normalized spacial score (nSPS) is 11.7. The molecule has 0 saturated carbocycles. The molecule has 0 spiro atoms. The minimum absolute atomic E-state index is 0.0282. The molecule has 0 aliphatic carbocycles. The first-order chi connectivity index (χ1) is 16.7. The van der Waals surface area contributed by atoms with Crippen LogP contribution in [0, 0.1) is 12.7 Å². The molecule has 10 heteroatoms. The summed E-state index contributed by atoms with van der Waals surface area (Å²) in [6.07, 6.45) is 1.47. The standard InChI is InChI=1S/C25H22FN5O4/c1-14-11-16(3-8-19(14)26)13-27-23(32)20-12-21(31-22(30-20)9-10-28-31)24(33)29-15(2)17-4-6-18(7-5-17)25(34)35/h3-12,15H,13H2,1-2H3,(H,27,32)(H,29,33)(H,34,35)/t15-/m1/s1. The Morgan fingerprint density at radius 3 is 2.49 bits per heavy atom. The van der Waals surface area contributed by atoms with Gasteiger partial charge in [0.2, 0.25) is 0 Å². The van der Waals surface area contributed by atoms with Crippen LogP contribution in [0.5, 0.6) is 0 Å². The summed E-state index contributed by atoms with van der Waals surface area (Å²) >= 11 is 0. The van der Waals surface area contributed by atoms with E-state index in [0.717, 1.165) is 5.56 Å². The molecular formula is C25H22FN5O4. The number of carboxylic acids is 1. The highest BCUT2D eigenvalue weighted by atomic mass is 19.1. The largest absolute Gasteiger partial charge is 0.478 e. The summed E-state index contributed by atoms with van der Waals surface area (Å²) in [6, 6.07) is 13.2. The smallest absolute Gasteiger partial charge is 0.335 e. The lowest BCUT2D eigenvalue weighted by Gasteiger charge is -2.15. The molecule has 2 aromatic carbocycles. The number of carbonyl (C=O) groups excluding carboxylic acids is 2. The number of amides is 2. The molecule has 4 rings (SSSR count). The lowest BCUT2D eigenvalue weighted by Crippen LogP contribution is -2.30. The molecule has 0 unspecified atom stereocenters. The third-order valence-electron chi connectivity index (χ3n) is 5.51. The van der Waals surface area contributed by atoms with Gasteiger partial charge in [0, 0.05) is 18.7 Å². The maximum absolute atomic E-state index is 13.5. The number of rotatable bonds is 7. The van der Waals surface area contributed by atoms with Gasteiger partial charge in [0.1, 0.15) is 17.2 Å². The first-order valence-electron chi connectivity index (χ1n) is 10.7. The van der Waals surface area contributed by atoms with E-state index in [-0.39, 0.29) is 29.3 Å². The number of carboxylic acid groups (broad SMARTS) is 1. The summed E-state index contributed by atoms with van der Waals surface area (Å²) < 4.78 is 14.8. The number of aryl methyl sites for hydroxylation is 1. The number of nitrogens with one attached hydrogen (secondary N) is 2. The van der Waals surface area contributed by atoms with Gasteiger partial charge in [-0.1, -0.05) is 24.3 Å². The predicted molar refractivity (Wildman–Crippen MR) is 125 cm³/mol. The van der Waals surface area contributed by atoms with Crippen molar-refractivity contribution in [3.8, 4) is 0 Å². The van der Waals surface area contributed by atoms with Gasteiger partial charge in [-0.2, -0.15) is 5.10 Å². The Hall–Kier alpha value is -4.60. The van der Waals surface area contributed by atoms with Crippen molar-refractivity contribution in [2.75, 3.05) is 0 Å². The summed E-state index contributed by atoms with van der Waals surface area (Å²) in [5, 5.41) is 18.7. The second-order valence-electron chi connectivity index (χ2n) is 8.02. The van der Waals surface area contributed by atoms with Crippen LogP contribution in [0.4, 0.5) is 4.39 Å². The van der Waals surface area contributed by atoms with Gasteiger partial charge in [-0.15, -0.1) is 0 Å². The Balaban J connectivity index is 1.53. The van der Waals surface area contributed by atoms with Gasteiger partial charge in [0.25, 0.3) is 11.8 Å². The fourth-order valence-electron chi connectivity index (χ4n) is 3.55. The molecule has 9 nitrogen and oxygen atoms in total. The molecule has 2 aromatic heterocycles. The van der Waals surface area contributed by atoms with Gasteiger partial charge in [-0.3, -0.25) is 9.59 Å². The van der Waals surface area contributed by atoms with Crippen LogP contribution in [0.3, 0.4) is 0 Å². The van der Waals surface area contributed by atoms with Crippen LogP contribution < -0.4 is 10.6 Å². The Morgan fingerprint density at radius 2 is 1.80 bits per heavy atom. The molecule has 35 heavy (non-hydrogen) atoms. The van der Waals surface area contributed by atoms with Crippen molar-refractivity contribution >= 4 is 23.4 Å². The molecule has 2 heterocycles. The minimum atomic E-state index is -1.04. The number of benzene rings is 2.